The maximum Gasteiger partial charge on any atom is 0.341 e. The van der Waals surface area contributed by atoms with E-state index in [2.05, 4.69) is 53.1 Å². The minimum Gasteiger partial charge on any atom is -0.462 e. The van der Waals surface area contributed by atoms with Gasteiger partial charge in [0.25, 0.3) is 0 Å². The van der Waals surface area contributed by atoms with E-state index in [1.165, 1.54) is 29.5 Å². The highest BCUT2D eigenvalue weighted by Crippen LogP contribution is 2.45. The zero-order valence-corrected chi connectivity index (χ0v) is 21.7. The number of esters is 1. The Bertz CT molecular complexity index is 1060. The molecule has 0 saturated heterocycles. The van der Waals surface area contributed by atoms with Crippen molar-refractivity contribution >= 4 is 40.0 Å². The maximum atomic E-state index is 12.9. The molecule has 0 aromatic carbocycles. The number of hydrogen-bond acceptors (Lipinski definition) is 8. The lowest BCUT2D eigenvalue weighted by Gasteiger charge is -2.42. The van der Waals surface area contributed by atoms with Gasteiger partial charge in [0.05, 0.1) is 17.9 Å². The number of anilines is 1. The van der Waals surface area contributed by atoms with E-state index >= 15 is 0 Å². The van der Waals surface area contributed by atoms with Gasteiger partial charge in [-0.3, -0.25) is 4.79 Å². The highest BCUT2D eigenvalue weighted by molar-refractivity contribution is 7.99. The average Bonchev–Trinajstić information content (AvgIpc) is 3.17. The molecule has 1 amide bonds. The third-order valence-corrected chi connectivity index (χ3v) is 8.42. The van der Waals surface area contributed by atoms with Crippen LogP contribution in [-0.4, -0.2) is 44.5 Å². The number of thioether (sulfide) groups is 1. The lowest BCUT2D eigenvalue weighted by Crippen LogP contribution is -2.55. The van der Waals surface area contributed by atoms with E-state index in [0.717, 1.165) is 47.2 Å². The molecule has 2 aliphatic rings. The SMILES string of the molecule is CCOC(=O)c1c(NC(=O)CSc2nnc3n2CCCCC3)sc2c1CC(C)(C)NC2(C)C. The number of nitrogens with one attached hydrogen (secondary N) is 2. The lowest BCUT2D eigenvalue weighted by atomic mass is 9.81. The topological polar surface area (TPSA) is 98.1 Å². The van der Waals surface area contributed by atoms with Gasteiger partial charge in [-0.15, -0.1) is 21.5 Å². The summed E-state index contributed by atoms with van der Waals surface area (Å²) in [5.74, 6) is 0.661. The van der Waals surface area contributed by atoms with Crippen molar-refractivity contribution in [1.82, 2.24) is 20.1 Å². The third kappa shape index (κ3) is 5.12. The van der Waals surface area contributed by atoms with Crippen molar-refractivity contribution in [2.75, 3.05) is 17.7 Å². The Kier molecular flexibility index (Phi) is 6.89. The van der Waals surface area contributed by atoms with Gasteiger partial charge < -0.3 is 19.9 Å². The Morgan fingerprint density at radius 2 is 2.00 bits per heavy atom. The minimum absolute atomic E-state index is 0.167. The van der Waals surface area contributed by atoms with Gasteiger partial charge in [0.15, 0.2) is 5.16 Å². The number of rotatable bonds is 6. The van der Waals surface area contributed by atoms with Crippen molar-refractivity contribution in [3.63, 3.8) is 0 Å². The van der Waals surface area contributed by atoms with Crippen LogP contribution in [-0.2, 0) is 34.5 Å². The zero-order valence-electron chi connectivity index (χ0n) is 20.0. The van der Waals surface area contributed by atoms with Crippen molar-refractivity contribution in [1.29, 1.82) is 0 Å². The molecular formula is C23H33N5O3S2. The van der Waals surface area contributed by atoms with Crippen LogP contribution in [0, 0.1) is 0 Å². The number of hydrogen-bond donors (Lipinski definition) is 2. The van der Waals surface area contributed by atoms with Crippen molar-refractivity contribution < 1.29 is 14.3 Å². The molecule has 8 nitrogen and oxygen atoms in total. The molecule has 2 aliphatic heterocycles. The van der Waals surface area contributed by atoms with E-state index < -0.39 is 0 Å². The molecule has 2 aromatic rings. The Morgan fingerprint density at radius 3 is 2.76 bits per heavy atom. The fourth-order valence-corrected chi connectivity index (χ4v) is 6.96. The quantitative estimate of drug-likeness (QED) is 0.463. The molecule has 0 bridgehead atoms. The van der Waals surface area contributed by atoms with Crippen LogP contribution in [0.25, 0.3) is 0 Å². The summed E-state index contributed by atoms with van der Waals surface area (Å²) in [6.07, 6.45) is 5.05. The molecule has 0 spiro atoms. The van der Waals surface area contributed by atoms with E-state index in [9.17, 15) is 9.59 Å². The summed E-state index contributed by atoms with van der Waals surface area (Å²) < 4.78 is 7.51. The van der Waals surface area contributed by atoms with Gasteiger partial charge in [-0.2, -0.15) is 0 Å². The summed E-state index contributed by atoms with van der Waals surface area (Å²) in [5, 5.41) is 16.6. The number of fused-ring (bicyclic) bond motifs is 2. The first kappa shape index (κ1) is 24.2. The Hall–Kier alpha value is -1.91. The smallest absolute Gasteiger partial charge is 0.341 e. The summed E-state index contributed by atoms with van der Waals surface area (Å²) in [6, 6.07) is 0. The Balaban J connectivity index is 1.55. The average molecular weight is 492 g/mol. The molecule has 180 valence electrons. The van der Waals surface area contributed by atoms with Crippen molar-refractivity contribution in [2.45, 2.75) is 89.5 Å². The van der Waals surface area contributed by atoms with Crippen molar-refractivity contribution in [2.24, 2.45) is 0 Å². The fraction of sp³-hybridized carbons (Fsp3) is 0.652. The van der Waals surface area contributed by atoms with Crippen LogP contribution in [0.5, 0.6) is 0 Å². The number of carbonyl (C=O) groups excluding carboxylic acids is 2. The molecule has 0 unspecified atom stereocenters. The van der Waals surface area contributed by atoms with Crippen LogP contribution in [0.1, 0.15) is 80.5 Å². The lowest BCUT2D eigenvalue weighted by molar-refractivity contribution is -0.113. The fourth-order valence-electron chi connectivity index (χ4n) is 4.89. The Morgan fingerprint density at radius 1 is 1.21 bits per heavy atom. The molecular weight excluding hydrogens is 458 g/mol. The van der Waals surface area contributed by atoms with Crippen LogP contribution in [0.3, 0.4) is 0 Å². The molecule has 0 saturated carbocycles. The molecule has 0 atom stereocenters. The van der Waals surface area contributed by atoms with E-state index in [4.69, 9.17) is 4.74 Å². The molecule has 0 aliphatic carbocycles. The second-order valence-corrected chi connectivity index (χ2v) is 11.8. The van der Waals surface area contributed by atoms with E-state index in [0.29, 0.717) is 17.0 Å². The predicted octanol–water partition coefficient (Wildman–Crippen LogP) is 4.13. The number of aromatic nitrogens is 3. The summed E-state index contributed by atoms with van der Waals surface area (Å²) >= 11 is 2.85. The number of amides is 1. The van der Waals surface area contributed by atoms with Gasteiger partial charge in [0.2, 0.25) is 5.91 Å². The molecule has 33 heavy (non-hydrogen) atoms. The summed E-state index contributed by atoms with van der Waals surface area (Å²) in [4.78, 5) is 26.9. The first-order valence-corrected chi connectivity index (χ1v) is 13.4. The first-order chi connectivity index (χ1) is 15.6. The predicted molar refractivity (Wildman–Crippen MR) is 131 cm³/mol. The second kappa shape index (κ2) is 9.38. The summed E-state index contributed by atoms with van der Waals surface area (Å²) in [7, 11) is 0. The largest absolute Gasteiger partial charge is 0.462 e. The van der Waals surface area contributed by atoms with Gasteiger partial charge in [-0.25, -0.2) is 4.79 Å². The standard InChI is InChI=1S/C23H33N5O3S2/c1-6-31-20(30)17-14-12-22(2,3)27-23(4,5)18(14)33-19(17)24-16(29)13-32-21-26-25-15-10-8-7-9-11-28(15)21/h27H,6-13H2,1-5H3,(H,24,29). The number of aryl methyl sites for hydroxylation is 1. The molecule has 10 heteroatoms. The number of nitrogens with zero attached hydrogens (tertiary/aromatic N) is 3. The third-order valence-electron chi connectivity index (χ3n) is 5.98. The minimum atomic E-state index is -0.380. The number of carbonyl (C=O) groups is 2. The van der Waals surface area contributed by atoms with Crippen LogP contribution < -0.4 is 10.6 Å². The van der Waals surface area contributed by atoms with E-state index in [1.807, 2.05) is 0 Å². The zero-order chi connectivity index (χ0) is 23.8. The van der Waals surface area contributed by atoms with Crippen LogP contribution in [0.15, 0.2) is 5.16 Å². The normalized spacial score (nSPS) is 18.7. The van der Waals surface area contributed by atoms with Crippen molar-refractivity contribution in [3.05, 3.63) is 21.8 Å². The highest BCUT2D eigenvalue weighted by atomic mass is 32.2. The van der Waals surface area contributed by atoms with Crippen LogP contribution in [0.2, 0.25) is 0 Å². The molecule has 0 radical (unpaired) electrons. The molecule has 2 N–H and O–H groups in total. The number of thiophene rings is 1. The second-order valence-electron chi connectivity index (χ2n) is 9.84. The van der Waals surface area contributed by atoms with Gasteiger partial charge in [-0.05, 0) is 59.4 Å². The molecule has 4 rings (SSSR count). The van der Waals surface area contributed by atoms with E-state index in [-0.39, 0.29) is 35.3 Å². The van der Waals surface area contributed by atoms with Gasteiger partial charge >= 0.3 is 5.97 Å². The molecule has 2 aromatic heterocycles. The van der Waals surface area contributed by atoms with Gasteiger partial charge in [0.1, 0.15) is 10.8 Å². The van der Waals surface area contributed by atoms with Crippen LogP contribution >= 0.6 is 23.1 Å². The van der Waals surface area contributed by atoms with Crippen LogP contribution in [0.4, 0.5) is 5.00 Å². The highest BCUT2D eigenvalue weighted by Gasteiger charge is 2.42. The van der Waals surface area contributed by atoms with E-state index in [1.54, 1.807) is 6.92 Å². The summed E-state index contributed by atoms with van der Waals surface area (Å²) in [5.41, 5.74) is 0.966. The van der Waals surface area contributed by atoms with Gasteiger partial charge in [0, 0.05) is 28.9 Å². The summed E-state index contributed by atoms with van der Waals surface area (Å²) in [6.45, 7) is 11.4. The van der Waals surface area contributed by atoms with Gasteiger partial charge in [-0.1, -0.05) is 18.2 Å². The molecule has 4 heterocycles. The molecule has 0 fully saturated rings. The maximum absolute atomic E-state index is 12.9. The first-order valence-electron chi connectivity index (χ1n) is 11.6. The van der Waals surface area contributed by atoms with Crippen molar-refractivity contribution in [3.8, 4) is 0 Å². The Labute approximate surface area is 203 Å². The monoisotopic (exact) mass is 491 g/mol. The number of ether oxygens (including phenoxy) is 1.